The van der Waals surface area contributed by atoms with E-state index >= 15 is 0 Å². The van der Waals surface area contributed by atoms with E-state index in [9.17, 15) is 4.79 Å². The summed E-state index contributed by atoms with van der Waals surface area (Å²) in [5.41, 5.74) is 2.79. The van der Waals surface area contributed by atoms with Gasteiger partial charge >= 0.3 is 5.56 Å². The molecule has 0 aliphatic heterocycles. The van der Waals surface area contributed by atoms with Crippen molar-refractivity contribution in [3.63, 3.8) is 0 Å². The van der Waals surface area contributed by atoms with E-state index in [1.54, 1.807) is 18.9 Å². The molecule has 0 amide bonds. The van der Waals surface area contributed by atoms with Gasteiger partial charge in [-0.25, -0.2) is 9.36 Å². The van der Waals surface area contributed by atoms with Crippen molar-refractivity contribution in [2.45, 2.75) is 4.90 Å². The molecule has 26 heavy (non-hydrogen) atoms. The van der Waals surface area contributed by atoms with E-state index in [4.69, 9.17) is 4.74 Å². The molecule has 0 atom stereocenters. The molecular formula is C21H17N2O2S+. The molecule has 5 heteroatoms. The number of pyridine rings is 1. The molecule has 5 rings (SSSR count). The Balaban J connectivity index is 2.15. The normalized spacial score (nSPS) is 12.0. The molecule has 3 aromatic carbocycles. The second-order valence-electron chi connectivity index (χ2n) is 6.42. The second kappa shape index (κ2) is 5.35. The highest BCUT2D eigenvalue weighted by molar-refractivity contribution is 7.98. The second-order valence-corrected chi connectivity index (χ2v) is 7.27. The molecule has 0 aliphatic rings. The van der Waals surface area contributed by atoms with E-state index in [0.29, 0.717) is 0 Å². The average Bonchev–Trinajstić information content (AvgIpc) is 2.98. The van der Waals surface area contributed by atoms with E-state index in [1.165, 1.54) is 4.90 Å². The summed E-state index contributed by atoms with van der Waals surface area (Å²) >= 11 is 1.71. The van der Waals surface area contributed by atoms with Crippen LogP contribution in [0.2, 0.25) is 0 Å². The predicted octanol–water partition coefficient (Wildman–Crippen LogP) is 3.75. The van der Waals surface area contributed by atoms with Crippen molar-refractivity contribution in [3.05, 3.63) is 58.9 Å². The lowest BCUT2D eigenvalue weighted by Gasteiger charge is -2.07. The van der Waals surface area contributed by atoms with Gasteiger partial charge in [-0.1, -0.05) is 12.1 Å². The van der Waals surface area contributed by atoms with E-state index in [1.807, 2.05) is 41.8 Å². The first kappa shape index (κ1) is 15.5. The van der Waals surface area contributed by atoms with Gasteiger partial charge < -0.3 is 4.74 Å². The summed E-state index contributed by atoms with van der Waals surface area (Å²) in [7, 11) is 3.65. The molecule has 0 unspecified atom stereocenters. The maximum absolute atomic E-state index is 13.4. The molecule has 0 fully saturated rings. The quantitative estimate of drug-likeness (QED) is 0.355. The minimum absolute atomic E-state index is 0.00945. The molecule has 0 spiro atoms. The fourth-order valence-electron chi connectivity index (χ4n) is 4.02. The van der Waals surface area contributed by atoms with Gasteiger partial charge in [0.15, 0.2) is 11.0 Å². The highest BCUT2D eigenvalue weighted by Gasteiger charge is 2.25. The smallest absolute Gasteiger partial charge is 0.347 e. The van der Waals surface area contributed by atoms with Crippen LogP contribution in [0.4, 0.5) is 0 Å². The Bertz CT molecular complexity index is 1390. The number of methoxy groups -OCH3 is 1. The summed E-state index contributed by atoms with van der Waals surface area (Å²) in [6.07, 6.45) is 2.07. The lowest BCUT2D eigenvalue weighted by molar-refractivity contribution is -0.617. The van der Waals surface area contributed by atoms with E-state index in [2.05, 4.69) is 29.0 Å². The van der Waals surface area contributed by atoms with Crippen LogP contribution in [0.1, 0.15) is 0 Å². The molecule has 0 saturated carbocycles. The van der Waals surface area contributed by atoms with Crippen molar-refractivity contribution in [3.8, 4) is 5.75 Å². The molecule has 4 nitrogen and oxygen atoms in total. The highest BCUT2D eigenvalue weighted by atomic mass is 32.2. The summed E-state index contributed by atoms with van der Waals surface area (Å²) < 4.78 is 9.29. The number of benzene rings is 3. The molecule has 2 heterocycles. The molecule has 0 aliphatic carbocycles. The summed E-state index contributed by atoms with van der Waals surface area (Å²) in [5, 5.41) is 4.02. The van der Waals surface area contributed by atoms with Crippen LogP contribution in [-0.2, 0) is 7.05 Å². The van der Waals surface area contributed by atoms with Gasteiger partial charge in [-0.2, -0.15) is 4.40 Å². The highest BCUT2D eigenvalue weighted by Crippen LogP contribution is 2.34. The lowest BCUT2D eigenvalue weighted by Crippen LogP contribution is -2.29. The van der Waals surface area contributed by atoms with Crippen LogP contribution in [0.25, 0.3) is 38.2 Å². The van der Waals surface area contributed by atoms with Gasteiger partial charge in [-0.3, -0.25) is 0 Å². The maximum Gasteiger partial charge on any atom is 0.347 e. The topological polar surface area (TPSA) is 34.6 Å². The fraction of sp³-hybridized carbons (Fsp3) is 0.143. The van der Waals surface area contributed by atoms with Crippen molar-refractivity contribution in [1.82, 2.24) is 4.40 Å². The number of rotatable bonds is 2. The molecule has 128 valence electrons. The zero-order valence-corrected chi connectivity index (χ0v) is 15.6. The Labute approximate surface area is 154 Å². The summed E-state index contributed by atoms with van der Waals surface area (Å²) in [5.74, 6) is 0.743. The van der Waals surface area contributed by atoms with E-state index < -0.39 is 0 Å². The minimum atomic E-state index is 0.00945. The lowest BCUT2D eigenvalue weighted by atomic mass is 10.0. The number of ether oxygens (including phenoxy) is 1. The van der Waals surface area contributed by atoms with Gasteiger partial charge in [0.05, 0.1) is 24.9 Å². The van der Waals surface area contributed by atoms with Gasteiger partial charge in [0.25, 0.3) is 5.65 Å². The molecule has 5 aromatic rings. The third kappa shape index (κ3) is 1.81. The number of nitrogens with zero attached hydrogens (tertiary/aromatic N) is 2. The van der Waals surface area contributed by atoms with Crippen LogP contribution in [0.15, 0.2) is 58.2 Å². The minimum Gasteiger partial charge on any atom is -0.497 e. The SMILES string of the molecule is COc1ccc2c(c1)n1c(=O)c3ccc(SC)c4cccc(c43)c1[n+]2C. The van der Waals surface area contributed by atoms with Gasteiger partial charge in [-0.05, 0) is 42.0 Å². The van der Waals surface area contributed by atoms with E-state index in [-0.39, 0.29) is 5.56 Å². The number of aromatic nitrogens is 2. The van der Waals surface area contributed by atoms with Crippen molar-refractivity contribution in [2.24, 2.45) is 7.05 Å². The third-order valence-corrected chi connectivity index (χ3v) is 6.01. The zero-order chi connectivity index (χ0) is 18.0. The third-order valence-electron chi connectivity index (χ3n) is 5.21. The standard InChI is InChI=1S/C21H17N2O2S/c1-22-16-9-7-12(25-2)11-17(16)23-20(22)14-6-4-5-13-18(26-3)10-8-15(19(13)14)21(23)24/h4-11H,1-3H3/q+1. The van der Waals surface area contributed by atoms with Crippen LogP contribution in [0.5, 0.6) is 5.75 Å². The Morgan fingerprint density at radius 3 is 2.62 bits per heavy atom. The molecule has 0 bridgehead atoms. The Morgan fingerprint density at radius 2 is 1.85 bits per heavy atom. The largest absolute Gasteiger partial charge is 0.497 e. The fourth-order valence-corrected chi connectivity index (χ4v) is 4.61. The zero-order valence-electron chi connectivity index (χ0n) is 14.7. The molecule has 0 saturated heterocycles. The molecular weight excluding hydrogens is 344 g/mol. The molecule has 0 N–H and O–H groups in total. The van der Waals surface area contributed by atoms with Crippen LogP contribution < -0.4 is 14.9 Å². The number of hydrogen-bond acceptors (Lipinski definition) is 3. The van der Waals surface area contributed by atoms with Gasteiger partial charge in [0.2, 0.25) is 0 Å². The van der Waals surface area contributed by atoms with Gasteiger partial charge in [0, 0.05) is 16.3 Å². The Morgan fingerprint density at radius 1 is 1.04 bits per heavy atom. The van der Waals surface area contributed by atoms with Crippen LogP contribution >= 0.6 is 11.8 Å². The molecule has 0 radical (unpaired) electrons. The summed E-state index contributed by atoms with van der Waals surface area (Å²) in [6, 6.07) is 16.1. The van der Waals surface area contributed by atoms with Crippen molar-refractivity contribution < 1.29 is 9.30 Å². The summed E-state index contributed by atoms with van der Waals surface area (Å²) in [4.78, 5) is 14.6. The monoisotopic (exact) mass is 361 g/mol. The number of aryl methyl sites for hydroxylation is 1. The van der Waals surface area contributed by atoms with E-state index in [0.717, 1.165) is 44.0 Å². The van der Waals surface area contributed by atoms with Crippen molar-refractivity contribution in [2.75, 3.05) is 13.4 Å². The van der Waals surface area contributed by atoms with Crippen LogP contribution in [0.3, 0.4) is 0 Å². The van der Waals surface area contributed by atoms with Crippen LogP contribution in [0, 0.1) is 0 Å². The maximum atomic E-state index is 13.4. The number of hydrogen-bond donors (Lipinski definition) is 0. The van der Waals surface area contributed by atoms with Gasteiger partial charge in [-0.15, -0.1) is 11.8 Å². The number of fused-ring (bicyclic) bond motifs is 4. The Hall–Kier alpha value is -2.79. The predicted molar refractivity (Wildman–Crippen MR) is 107 cm³/mol. The first-order valence-electron chi connectivity index (χ1n) is 8.39. The van der Waals surface area contributed by atoms with Gasteiger partial charge in [0.1, 0.15) is 5.75 Å². The van der Waals surface area contributed by atoms with Crippen LogP contribution in [-0.4, -0.2) is 17.8 Å². The van der Waals surface area contributed by atoms with Crippen molar-refractivity contribution >= 4 is 50.0 Å². The first-order valence-corrected chi connectivity index (χ1v) is 9.61. The first-order chi connectivity index (χ1) is 12.7. The Kier molecular flexibility index (Phi) is 3.18. The summed E-state index contributed by atoms with van der Waals surface area (Å²) in [6.45, 7) is 0. The van der Waals surface area contributed by atoms with Crippen molar-refractivity contribution in [1.29, 1.82) is 0 Å². The molecule has 2 aromatic heterocycles. The number of thioether (sulfide) groups is 1. The number of imidazole rings is 1. The average molecular weight is 361 g/mol.